The molecule has 0 N–H and O–H groups in total. The zero-order valence-electron chi connectivity index (χ0n) is 23.9. The molecular weight excluding hydrogens is 464 g/mol. The zero-order valence-corrected chi connectivity index (χ0v) is 23.9. The van der Waals surface area contributed by atoms with Crippen LogP contribution in [0.2, 0.25) is 0 Å². The van der Waals surface area contributed by atoms with E-state index in [1.807, 2.05) is 12.1 Å². The lowest BCUT2D eigenvalue weighted by Crippen LogP contribution is -2.37. The molecular formula is C35H37N2O+. The Morgan fingerprint density at radius 3 is 2.05 bits per heavy atom. The molecule has 0 saturated heterocycles. The van der Waals surface area contributed by atoms with E-state index in [1.165, 1.54) is 27.9 Å². The number of hydrogen-bond acceptors (Lipinski definition) is 1. The van der Waals surface area contributed by atoms with Crippen molar-refractivity contribution in [1.29, 1.82) is 0 Å². The highest BCUT2D eigenvalue weighted by atomic mass is 16.3. The van der Waals surface area contributed by atoms with Crippen LogP contribution in [0.5, 0.6) is 0 Å². The summed E-state index contributed by atoms with van der Waals surface area (Å²) in [5, 5.41) is 2.13. The minimum atomic E-state index is 0.455. The minimum Gasteiger partial charge on any atom is -0.456 e. The monoisotopic (exact) mass is 501 g/mol. The maximum Gasteiger partial charge on any atom is 0.216 e. The summed E-state index contributed by atoms with van der Waals surface area (Å²) in [5.41, 5.74) is 12.9. The maximum atomic E-state index is 7.89. The number of rotatable bonds is 5. The first-order chi connectivity index (χ1) is 18.1. The molecule has 5 aromatic rings. The average Bonchev–Trinajstić information content (AvgIpc) is 3.26. The zero-order chi connectivity index (χ0) is 27.3. The van der Waals surface area contributed by atoms with E-state index in [2.05, 4.69) is 107 Å². The molecule has 3 nitrogen and oxygen atoms in total. The van der Waals surface area contributed by atoms with Crippen LogP contribution in [0.3, 0.4) is 0 Å². The molecule has 0 aliphatic heterocycles. The number of aryl methyl sites for hydroxylation is 2. The molecule has 192 valence electrons. The Balaban J connectivity index is 1.81. The molecule has 0 aliphatic rings. The van der Waals surface area contributed by atoms with Crippen molar-refractivity contribution in [3.63, 3.8) is 0 Å². The Bertz CT molecular complexity index is 1730. The molecule has 0 saturated carbocycles. The third-order valence-electron chi connectivity index (χ3n) is 7.98. The molecule has 0 spiro atoms. The Kier molecular flexibility index (Phi) is 6.61. The van der Waals surface area contributed by atoms with Gasteiger partial charge in [0.25, 0.3) is 0 Å². The highest BCUT2D eigenvalue weighted by molar-refractivity contribution is 6.15. The summed E-state index contributed by atoms with van der Waals surface area (Å²) in [7, 11) is 2.16. The average molecular weight is 502 g/mol. The van der Waals surface area contributed by atoms with E-state index in [1.54, 1.807) is 0 Å². The highest BCUT2D eigenvalue weighted by Gasteiger charge is 2.26. The third-order valence-corrected chi connectivity index (χ3v) is 7.98. The van der Waals surface area contributed by atoms with E-state index in [9.17, 15) is 0 Å². The second-order valence-electron chi connectivity index (χ2n) is 11.4. The normalized spacial score (nSPS) is 11.7. The van der Waals surface area contributed by atoms with Gasteiger partial charge in [0, 0.05) is 34.9 Å². The first kappa shape index (κ1) is 25.7. The summed E-state index contributed by atoms with van der Waals surface area (Å²) in [4.78, 5) is 3.88. The predicted molar refractivity (Wildman–Crippen MR) is 159 cm³/mol. The van der Waals surface area contributed by atoms with Gasteiger partial charge in [-0.15, -0.1) is 0 Å². The van der Waals surface area contributed by atoms with Crippen LogP contribution in [0, 0.1) is 33.3 Å². The number of benzene rings is 3. The van der Waals surface area contributed by atoms with Crippen molar-refractivity contribution in [3.05, 3.63) is 94.0 Å². The van der Waals surface area contributed by atoms with Gasteiger partial charge in [-0.25, -0.2) is 4.85 Å². The van der Waals surface area contributed by atoms with Crippen LogP contribution < -0.4 is 4.57 Å². The number of pyridine rings is 1. The standard InChI is InChI=1S/C35H37N2O/c1-20(2)18-29-23(6)19-31(37(9)24(29)7)32-22(5)10-15-27-28-16-17-30(36-8)33(35(28)38-34(27)32)26-13-11-25(12-14-26)21(3)4/h10-17,19-21H,18H2,1-7,9H3/q+1. The lowest BCUT2D eigenvalue weighted by atomic mass is 9.93. The number of fused-ring (bicyclic) bond motifs is 3. The number of hydrogen-bond donors (Lipinski definition) is 0. The van der Waals surface area contributed by atoms with Crippen molar-refractivity contribution >= 4 is 27.6 Å². The lowest BCUT2D eigenvalue weighted by Gasteiger charge is -2.14. The summed E-state index contributed by atoms with van der Waals surface area (Å²) >= 11 is 0. The fraction of sp³-hybridized carbons (Fsp3) is 0.314. The van der Waals surface area contributed by atoms with Gasteiger partial charge >= 0.3 is 0 Å². The largest absolute Gasteiger partial charge is 0.456 e. The van der Waals surface area contributed by atoms with Crippen molar-refractivity contribution in [3.8, 4) is 22.4 Å². The second kappa shape index (κ2) is 9.76. The summed E-state index contributed by atoms with van der Waals surface area (Å²) in [6, 6.07) is 19.2. The van der Waals surface area contributed by atoms with Crippen LogP contribution in [0.4, 0.5) is 5.69 Å². The van der Waals surface area contributed by atoms with Crippen LogP contribution in [-0.4, -0.2) is 0 Å². The van der Waals surface area contributed by atoms with Crippen LogP contribution in [0.15, 0.2) is 59.0 Å². The van der Waals surface area contributed by atoms with Gasteiger partial charge in [0.2, 0.25) is 5.69 Å². The molecule has 0 unspecified atom stereocenters. The highest BCUT2D eigenvalue weighted by Crippen LogP contribution is 2.44. The molecule has 2 aromatic heterocycles. The van der Waals surface area contributed by atoms with E-state index in [4.69, 9.17) is 11.0 Å². The molecule has 0 amide bonds. The van der Waals surface area contributed by atoms with E-state index < -0.39 is 0 Å². The summed E-state index contributed by atoms with van der Waals surface area (Å²) in [6.45, 7) is 23.4. The lowest BCUT2D eigenvalue weighted by molar-refractivity contribution is -0.667. The van der Waals surface area contributed by atoms with Crippen LogP contribution in [0.25, 0.3) is 49.2 Å². The second-order valence-corrected chi connectivity index (χ2v) is 11.4. The van der Waals surface area contributed by atoms with E-state index in [0.29, 0.717) is 17.5 Å². The molecule has 0 aliphatic carbocycles. The van der Waals surface area contributed by atoms with Crippen molar-refractivity contribution in [2.24, 2.45) is 13.0 Å². The smallest absolute Gasteiger partial charge is 0.216 e. The number of furan rings is 1. The van der Waals surface area contributed by atoms with Gasteiger partial charge in [0.1, 0.15) is 18.2 Å². The van der Waals surface area contributed by atoms with E-state index in [0.717, 1.165) is 50.7 Å². The quantitative estimate of drug-likeness (QED) is 0.173. The Hall–Kier alpha value is -3.90. The molecule has 3 aromatic carbocycles. The van der Waals surface area contributed by atoms with Gasteiger partial charge in [-0.3, -0.25) is 0 Å². The maximum absolute atomic E-state index is 7.89. The van der Waals surface area contributed by atoms with E-state index >= 15 is 0 Å². The molecule has 0 radical (unpaired) electrons. The van der Waals surface area contributed by atoms with Crippen LogP contribution >= 0.6 is 0 Å². The molecule has 0 atom stereocenters. The first-order valence-corrected chi connectivity index (χ1v) is 13.6. The van der Waals surface area contributed by atoms with Gasteiger partial charge in [0.15, 0.2) is 11.4 Å². The Labute approximate surface area is 226 Å². The predicted octanol–water partition coefficient (Wildman–Crippen LogP) is 9.54. The fourth-order valence-corrected chi connectivity index (χ4v) is 5.73. The molecule has 3 heteroatoms. The van der Waals surface area contributed by atoms with Crippen molar-refractivity contribution in [1.82, 2.24) is 0 Å². The summed E-state index contributed by atoms with van der Waals surface area (Å²) < 4.78 is 9.11. The SMILES string of the molecule is [C-]#[N+]c1ccc2c(oc3c(-c4cc(C)c(CC(C)C)c(C)[n+]4C)c(C)ccc32)c1-c1ccc(C(C)C)cc1. The Morgan fingerprint density at radius 2 is 1.45 bits per heavy atom. The molecule has 2 heterocycles. The van der Waals surface area contributed by atoms with Crippen molar-refractivity contribution < 1.29 is 8.98 Å². The van der Waals surface area contributed by atoms with Gasteiger partial charge in [0.05, 0.1) is 12.1 Å². The molecule has 0 bridgehead atoms. The van der Waals surface area contributed by atoms with Gasteiger partial charge in [-0.2, -0.15) is 4.57 Å². The molecule has 38 heavy (non-hydrogen) atoms. The van der Waals surface area contributed by atoms with Gasteiger partial charge < -0.3 is 4.42 Å². The van der Waals surface area contributed by atoms with Crippen molar-refractivity contribution in [2.45, 2.75) is 60.8 Å². The van der Waals surface area contributed by atoms with Gasteiger partial charge in [-0.1, -0.05) is 76.2 Å². The molecule has 5 rings (SSSR count). The fourth-order valence-electron chi connectivity index (χ4n) is 5.73. The third kappa shape index (κ3) is 4.19. The van der Waals surface area contributed by atoms with Crippen LogP contribution in [-0.2, 0) is 13.5 Å². The first-order valence-electron chi connectivity index (χ1n) is 13.6. The topological polar surface area (TPSA) is 21.4 Å². The van der Waals surface area contributed by atoms with E-state index in [-0.39, 0.29) is 0 Å². The molecule has 0 fully saturated rings. The summed E-state index contributed by atoms with van der Waals surface area (Å²) in [6.07, 6.45) is 1.07. The minimum absolute atomic E-state index is 0.455. The van der Waals surface area contributed by atoms with Crippen molar-refractivity contribution in [2.75, 3.05) is 0 Å². The number of nitrogens with zero attached hydrogens (tertiary/aromatic N) is 2. The number of aromatic nitrogens is 1. The Morgan fingerprint density at radius 1 is 0.816 bits per heavy atom. The summed E-state index contributed by atoms with van der Waals surface area (Å²) in [5.74, 6) is 1.06. The van der Waals surface area contributed by atoms with Gasteiger partial charge in [-0.05, 0) is 54.4 Å². The van der Waals surface area contributed by atoms with Crippen LogP contribution in [0.1, 0.15) is 61.6 Å².